The van der Waals surface area contributed by atoms with Gasteiger partial charge in [0, 0.05) is 6.42 Å². The van der Waals surface area contributed by atoms with Gasteiger partial charge in [-0.05, 0) is 29.9 Å². The number of aryl methyl sites for hydroxylation is 1. The first-order valence-electron chi connectivity index (χ1n) is 8.76. The van der Waals surface area contributed by atoms with Crippen molar-refractivity contribution in [1.29, 1.82) is 0 Å². The van der Waals surface area contributed by atoms with Crippen LogP contribution in [-0.4, -0.2) is 24.1 Å². The number of aliphatic hydroxyl groups is 1. The Hall–Kier alpha value is -1.68. The van der Waals surface area contributed by atoms with Crippen LogP contribution in [0.1, 0.15) is 37.0 Å². The standard InChI is InChI=1S/C21H26O3/c1-16(21(22)18-10-6-3-7-11-18)14-19-15-23-20(24-19)13-12-17-8-4-2-5-9-17/h2-11,16,19-22H,12-15H2,1H3. The molecule has 1 fully saturated rings. The Morgan fingerprint density at radius 3 is 2.42 bits per heavy atom. The Bertz CT molecular complexity index is 599. The van der Waals surface area contributed by atoms with E-state index in [1.54, 1.807) is 0 Å². The highest BCUT2D eigenvalue weighted by atomic mass is 16.7. The van der Waals surface area contributed by atoms with Crippen LogP contribution in [0.2, 0.25) is 0 Å². The number of rotatable bonds is 7. The Morgan fingerprint density at radius 2 is 1.71 bits per heavy atom. The van der Waals surface area contributed by atoms with E-state index in [4.69, 9.17) is 9.47 Å². The quantitative estimate of drug-likeness (QED) is 0.832. The van der Waals surface area contributed by atoms with E-state index < -0.39 is 6.10 Å². The zero-order chi connectivity index (χ0) is 16.8. The second kappa shape index (κ2) is 8.43. The summed E-state index contributed by atoms with van der Waals surface area (Å²) in [5, 5.41) is 10.5. The lowest BCUT2D eigenvalue weighted by atomic mass is 9.92. The molecule has 1 N–H and O–H groups in total. The van der Waals surface area contributed by atoms with Crippen molar-refractivity contribution in [2.75, 3.05) is 6.61 Å². The van der Waals surface area contributed by atoms with E-state index in [1.807, 2.05) is 36.4 Å². The molecule has 0 aromatic heterocycles. The lowest BCUT2D eigenvalue weighted by Gasteiger charge is -2.21. The van der Waals surface area contributed by atoms with Crippen molar-refractivity contribution in [3.8, 4) is 0 Å². The summed E-state index contributed by atoms with van der Waals surface area (Å²) in [7, 11) is 0. The highest BCUT2D eigenvalue weighted by Gasteiger charge is 2.29. The average Bonchev–Trinajstić information content (AvgIpc) is 3.08. The van der Waals surface area contributed by atoms with Crippen molar-refractivity contribution < 1.29 is 14.6 Å². The van der Waals surface area contributed by atoms with Crippen LogP contribution in [-0.2, 0) is 15.9 Å². The van der Waals surface area contributed by atoms with Gasteiger partial charge in [0.2, 0.25) is 0 Å². The zero-order valence-corrected chi connectivity index (χ0v) is 14.2. The third kappa shape index (κ3) is 4.67. The molecule has 2 aromatic carbocycles. The van der Waals surface area contributed by atoms with Gasteiger partial charge in [-0.3, -0.25) is 0 Å². The summed E-state index contributed by atoms with van der Waals surface area (Å²) in [6.07, 6.45) is 2.11. The van der Waals surface area contributed by atoms with Gasteiger partial charge in [-0.2, -0.15) is 0 Å². The van der Waals surface area contributed by atoms with Crippen molar-refractivity contribution in [2.24, 2.45) is 5.92 Å². The second-order valence-corrected chi connectivity index (χ2v) is 6.61. The maximum atomic E-state index is 10.5. The summed E-state index contributed by atoms with van der Waals surface area (Å²) < 4.78 is 11.8. The summed E-state index contributed by atoms with van der Waals surface area (Å²) in [6.45, 7) is 2.68. The largest absolute Gasteiger partial charge is 0.388 e. The average molecular weight is 326 g/mol. The zero-order valence-electron chi connectivity index (χ0n) is 14.2. The predicted molar refractivity (Wildman–Crippen MR) is 94.6 cm³/mol. The van der Waals surface area contributed by atoms with Crippen LogP contribution in [0, 0.1) is 5.92 Å². The molecule has 0 bridgehead atoms. The molecular formula is C21H26O3. The maximum Gasteiger partial charge on any atom is 0.158 e. The van der Waals surface area contributed by atoms with Crippen molar-refractivity contribution in [1.82, 2.24) is 0 Å². The Morgan fingerprint density at radius 1 is 1.04 bits per heavy atom. The third-order valence-electron chi connectivity index (χ3n) is 4.64. The molecule has 0 spiro atoms. The molecule has 1 saturated heterocycles. The van der Waals surface area contributed by atoms with E-state index in [-0.39, 0.29) is 18.3 Å². The molecule has 3 nitrogen and oxygen atoms in total. The molecule has 1 aliphatic heterocycles. The molecule has 3 heteroatoms. The summed E-state index contributed by atoms with van der Waals surface area (Å²) in [5.74, 6) is 0.133. The Labute approximate surface area is 144 Å². The minimum absolute atomic E-state index is 0.0686. The monoisotopic (exact) mass is 326 g/mol. The third-order valence-corrected chi connectivity index (χ3v) is 4.64. The minimum Gasteiger partial charge on any atom is -0.388 e. The van der Waals surface area contributed by atoms with E-state index in [1.165, 1.54) is 5.56 Å². The molecular weight excluding hydrogens is 300 g/mol. The lowest BCUT2D eigenvalue weighted by Crippen LogP contribution is -2.20. The molecule has 1 heterocycles. The summed E-state index contributed by atoms with van der Waals surface area (Å²) in [5.41, 5.74) is 2.27. The van der Waals surface area contributed by atoms with Gasteiger partial charge < -0.3 is 14.6 Å². The SMILES string of the molecule is CC(CC1COC(CCc2ccccc2)O1)C(O)c1ccccc1. The predicted octanol–water partition coefficient (Wildman–Crippen LogP) is 4.12. The molecule has 2 aromatic rings. The maximum absolute atomic E-state index is 10.5. The van der Waals surface area contributed by atoms with Gasteiger partial charge in [0.1, 0.15) is 0 Å². The fourth-order valence-electron chi connectivity index (χ4n) is 3.23. The van der Waals surface area contributed by atoms with E-state index >= 15 is 0 Å². The Kier molecular flexibility index (Phi) is 6.02. The van der Waals surface area contributed by atoms with Crippen molar-refractivity contribution in [3.63, 3.8) is 0 Å². The summed E-state index contributed by atoms with van der Waals surface area (Å²) in [4.78, 5) is 0. The van der Waals surface area contributed by atoms with Crippen LogP contribution >= 0.6 is 0 Å². The van der Waals surface area contributed by atoms with E-state index in [0.717, 1.165) is 24.8 Å². The number of aliphatic hydroxyl groups excluding tert-OH is 1. The first kappa shape index (κ1) is 17.2. The van der Waals surface area contributed by atoms with E-state index in [2.05, 4.69) is 31.2 Å². The van der Waals surface area contributed by atoms with Crippen molar-refractivity contribution >= 4 is 0 Å². The van der Waals surface area contributed by atoms with Gasteiger partial charge in [0.05, 0.1) is 18.8 Å². The fourth-order valence-corrected chi connectivity index (χ4v) is 3.23. The smallest absolute Gasteiger partial charge is 0.158 e. The van der Waals surface area contributed by atoms with Gasteiger partial charge in [-0.15, -0.1) is 0 Å². The van der Waals surface area contributed by atoms with Crippen LogP contribution in [0.25, 0.3) is 0 Å². The highest BCUT2D eigenvalue weighted by Crippen LogP contribution is 2.29. The number of benzene rings is 2. The fraction of sp³-hybridized carbons (Fsp3) is 0.429. The summed E-state index contributed by atoms with van der Waals surface area (Å²) in [6, 6.07) is 20.2. The molecule has 0 saturated carbocycles. The van der Waals surface area contributed by atoms with Crippen LogP contribution in [0.4, 0.5) is 0 Å². The number of hydrogen-bond donors (Lipinski definition) is 1. The molecule has 1 aliphatic rings. The highest BCUT2D eigenvalue weighted by molar-refractivity contribution is 5.18. The summed E-state index contributed by atoms with van der Waals surface area (Å²) >= 11 is 0. The van der Waals surface area contributed by atoms with Crippen molar-refractivity contribution in [2.45, 2.75) is 44.7 Å². The van der Waals surface area contributed by atoms with Crippen LogP contribution < -0.4 is 0 Å². The number of ether oxygens (including phenoxy) is 2. The van der Waals surface area contributed by atoms with Gasteiger partial charge >= 0.3 is 0 Å². The topological polar surface area (TPSA) is 38.7 Å². The molecule has 0 radical (unpaired) electrons. The van der Waals surface area contributed by atoms with Gasteiger partial charge in [0.25, 0.3) is 0 Å². The van der Waals surface area contributed by atoms with E-state index in [0.29, 0.717) is 6.61 Å². The molecule has 4 atom stereocenters. The van der Waals surface area contributed by atoms with Crippen LogP contribution in [0.3, 0.4) is 0 Å². The minimum atomic E-state index is -0.460. The van der Waals surface area contributed by atoms with Crippen LogP contribution in [0.5, 0.6) is 0 Å². The molecule has 4 unspecified atom stereocenters. The van der Waals surface area contributed by atoms with Crippen molar-refractivity contribution in [3.05, 3.63) is 71.8 Å². The molecule has 3 rings (SSSR count). The van der Waals surface area contributed by atoms with Gasteiger partial charge in [-0.1, -0.05) is 67.6 Å². The van der Waals surface area contributed by atoms with Crippen LogP contribution in [0.15, 0.2) is 60.7 Å². The molecule has 0 aliphatic carbocycles. The Balaban J connectivity index is 1.44. The van der Waals surface area contributed by atoms with E-state index in [9.17, 15) is 5.11 Å². The number of hydrogen-bond acceptors (Lipinski definition) is 3. The first-order valence-corrected chi connectivity index (χ1v) is 8.76. The molecule has 24 heavy (non-hydrogen) atoms. The normalized spacial score (nSPS) is 23.1. The molecule has 0 amide bonds. The molecule has 128 valence electrons. The van der Waals surface area contributed by atoms with Gasteiger partial charge in [-0.25, -0.2) is 0 Å². The lowest BCUT2D eigenvalue weighted by molar-refractivity contribution is -0.0668. The second-order valence-electron chi connectivity index (χ2n) is 6.61. The van der Waals surface area contributed by atoms with Gasteiger partial charge in [0.15, 0.2) is 6.29 Å². The first-order chi connectivity index (χ1) is 11.7.